The second-order valence-electron chi connectivity index (χ2n) is 14.8. The maximum atomic E-state index is 5.22. The van der Waals surface area contributed by atoms with Crippen LogP contribution in [0.5, 0.6) is 0 Å². The molecule has 0 amide bonds. The summed E-state index contributed by atoms with van der Waals surface area (Å²) in [4.78, 5) is 23.0. The average molecular weight is 730 g/mol. The number of likely N-dealkylation sites (N-methyl/N-ethyl adjacent to an activating group) is 1. The van der Waals surface area contributed by atoms with Crippen LogP contribution in [0.15, 0.2) is 176 Å². The van der Waals surface area contributed by atoms with E-state index in [1.165, 1.54) is 11.3 Å². The van der Waals surface area contributed by atoms with Gasteiger partial charge in [0.2, 0.25) is 0 Å². The maximum Gasteiger partial charge on any atom is 0.0972 e. The van der Waals surface area contributed by atoms with Crippen LogP contribution < -0.4 is 4.90 Å². The molecule has 0 aliphatic carbocycles. The Kier molecular flexibility index (Phi) is 7.71. The number of hydrogen-bond donors (Lipinski definition) is 0. The third-order valence-electron chi connectivity index (χ3n) is 11.2. The first-order valence-electron chi connectivity index (χ1n) is 19.3. The Morgan fingerprint density at radius 2 is 0.912 bits per heavy atom. The largest absolute Gasteiger partial charge is 0.370 e. The Morgan fingerprint density at radius 3 is 1.67 bits per heavy atom. The van der Waals surface area contributed by atoms with E-state index in [1.54, 1.807) is 0 Å². The summed E-state index contributed by atoms with van der Waals surface area (Å²) in [6.45, 7) is 0.910. The van der Waals surface area contributed by atoms with E-state index in [2.05, 4.69) is 176 Å². The molecule has 0 N–H and O–H groups in total. The third-order valence-corrected chi connectivity index (χ3v) is 11.2. The Bertz CT molecular complexity index is 3240. The Morgan fingerprint density at radius 1 is 0.404 bits per heavy atom. The lowest BCUT2D eigenvalue weighted by Gasteiger charge is -2.25. The van der Waals surface area contributed by atoms with Crippen LogP contribution in [-0.2, 0) is 0 Å². The normalized spacial score (nSPS) is 12.5. The van der Waals surface area contributed by atoms with Crippen molar-refractivity contribution in [1.29, 1.82) is 0 Å². The molecular weight excluding hydrogens is 695 g/mol. The number of anilines is 1. The van der Waals surface area contributed by atoms with Gasteiger partial charge < -0.3 is 4.90 Å². The summed E-state index contributed by atoms with van der Waals surface area (Å²) in [5.74, 6) is 0. The van der Waals surface area contributed by atoms with Crippen molar-refractivity contribution < 1.29 is 0 Å². The highest BCUT2D eigenvalue weighted by Gasteiger charge is 2.16. The van der Waals surface area contributed by atoms with Gasteiger partial charge in [0.25, 0.3) is 0 Å². The second kappa shape index (κ2) is 13.4. The zero-order valence-corrected chi connectivity index (χ0v) is 31.3. The zero-order valence-electron chi connectivity index (χ0n) is 31.3. The molecule has 268 valence electrons. The Balaban J connectivity index is 0.933. The number of benzene rings is 6. The minimum atomic E-state index is 0.903. The minimum absolute atomic E-state index is 0.903. The average Bonchev–Trinajstić information content (AvgIpc) is 3.28. The highest BCUT2D eigenvalue weighted by molar-refractivity contribution is 6.04. The molecule has 1 aliphatic rings. The van der Waals surface area contributed by atoms with Gasteiger partial charge in [-0.1, -0.05) is 133 Å². The zero-order chi connectivity index (χ0) is 37.9. The highest BCUT2D eigenvalue weighted by Crippen LogP contribution is 2.36. The standard InChI is InChI=1S/C52H35N5/c1-57-29-7-13-43-42(12-6-14-50(43)57)47-28-22-35-16-20-41(32-49(35)54-47)45-25-21-34-15-19-39(31-48(34)53-45)38-10-5-11-40(30-38)46-27-24-37-18-17-36-23-26-44(33-8-3-2-4-9-33)55-51(36)52(37)56-46/h2-28,30-32H,29H2,1H3. The van der Waals surface area contributed by atoms with Crippen LogP contribution in [0, 0.1) is 0 Å². The van der Waals surface area contributed by atoms with Crippen LogP contribution in [0.3, 0.4) is 0 Å². The molecule has 0 bridgehead atoms. The fourth-order valence-electron chi connectivity index (χ4n) is 8.15. The fourth-order valence-corrected chi connectivity index (χ4v) is 8.15. The van der Waals surface area contributed by atoms with Gasteiger partial charge in [-0.2, -0.15) is 0 Å². The van der Waals surface area contributed by atoms with Crippen molar-refractivity contribution in [2.24, 2.45) is 0 Å². The van der Waals surface area contributed by atoms with E-state index in [4.69, 9.17) is 19.9 Å². The monoisotopic (exact) mass is 729 g/mol. The summed E-state index contributed by atoms with van der Waals surface area (Å²) in [5.41, 5.74) is 16.4. The molecular formula is C52H35N5. The van der Waals surface area contributed by atoms with Gasteiger partial charge in [-0.05, 0) is 59.7 Å². The van der Waals surface area contributed by atoms with Crippen molar-refractivity contribution >= 4 is 55.4 Å². The smallest absolute Gasteiger partial charge is 0.0972 e. The molecule has 5 heteroatoms. The van der Waals surface area contributed by atoms with Crippen molar-refractivity contribution in [2.45, 2.75) is 0 Å². The lowest BCUT2D eigenvalue weighted by atomic mass is 9.98. The third kappa shape index (κ3) is 5.88. The lowest BCUT2D eigenvalue weighted by Crippen LogP contribution is -2.20. The van der Waals surface area contributed by atoms with Crippen LogP contribution in [0.2, 0.25) is 0 Å². The van der Waals surface area contributed by atoms with Crippen LogP contribution >= 0.6 is 0 Å². The SMILES string of the molecule is CN1CC=Cc2c(-c3ccc4ccc(-c5ccc6ccc(-c7cccc(-c8ccc9ccc%10ccc(-c%11ccccc%11)nc%10c9n8)c7)cc6n5)cc4n3)cccc21. The van der Waals surface area contributed by atoms with E-state index in [-0.39, 0.29) is 0 Å². The summed E-state index contributed by atoms with van der Waals surface area (Å²) >= 11 is 0. The number of hydrogen-bond acceptors (Lipinski definition) is 5. The highest BCUT2D eigenvalue weighted by atomic mass is 15.1. The van der Waals surface area contributed by atoms with Gasteiger partial charge in [0.15, 0.2) is 0 Å². The molecule has 6 aromatic carbocycles. The van der Waals surface area contributed by atoms with Gasteiger partial charge in [-0.15, -0.1) is 0 Å². The summed E-state index contributed by atoms with van der Waals surface area (Å²) in [6.07, 6.45) is 4.43. The second-order valence-corrected chi connectivity index (χ2v) is 14.8. The summed E-state index contributed by atoms with van der Waals surface area (Å²) in [6, 6.07) is 59.6. The van der Waals surface area contributed by atoms with Gasteiger partial charge in [-0.3, -0.25) is 0 Å². The predicted octanol–water partition coefficient (Wildman–Crippen LogP) is 12.7. The Hall–Kier alpha value is -7.50. The first-order valence-corrected chi connectivity index (χ1v) is 19.3. The summed E-state index contributed by atoms with van der Waals surface area (Å²) < 4.78 is 0. The van der Waals surface area contributed by atoms with Crippen molar-refractivity contribution in [1.82, 2.24) is 19.9 Å². The molecule has 0 saturated carbocycles. The van der Waals surface area contributed by atoms with Gasteiger partial charge in [-0.25, -0.2) is 19.9 Å². The summed E-state index contributed by atoms with van der Waals surface area (Å²) in [5, 5.41) is 4.34. The molecule has 11 rings (SSSR count). The van der Waals surface area contributed by atoms with Gasteiger partial charge >= 0.3 is 0 Å². The number of pyridine rings is 4. The number of nitrogens with zero attached hydrogens (tertiary/aromatic N) is 5. The quantitative estimate of drug-likeness (QED) is 0.165. The topological polar surface area (TPSA) is 54.8 Å². The summed E-state index contributed by atoms with van der Waals surface area (Å²) in [7, 11) is 2.13. The number of aromatic nitrogens is 4. The first kappa shape index (κ1) is 32.9. The Labute approximate surface area is 330 Å². The van der Waals surface area contributed by atoms with Crippen molar-refractivity contribution in [3.05, 3.63) is 181 Å². The molecule has 0 radical (unpaired) electrons. The van der Waals surface area contributed by atoms with E-state index in [1.807, 2.05) is 18.2 Å². The molecule has 1 aliphatic heterocycles. The first-order chi connectivity index (χ1) is 28.1. The van der Waals surface area contributed by atoms with Crippen molar-refractivity contribution in [3.8, 4) is 56.2 Å². The minimum Gasteiger partial charge on any atom is -0.370 e. The molecule has 0 unspecified atom stereocenters. The van der Waals surface area contributed by atoms with E-state index in [0.717, 1.165) is 106 Å². The predicted molar refractivity (Wildman–Crippen MR) is 237 cm³/mol. The molecule has 5 nitrogen and oxygen atoms in total. The van der Waals surface area contributed by atoms with Crippen molar-refractivity contribution in [3.63, 3.8) is 0 Å². The lowest BCUT2D eigenvalue weighted by molar-refractivity contribution is 1.02. The maximum absolute atomic E-state index is 5.22. The van der Waals surface area contributed by atoms with Gasteiger partial charge in [0, 0.05) is 68.6 Å². The number of rotatable bonds is 5. The van der Waals surface area contributed by atoms with Crippen LogP contribution in [0.4, 0.5) is 5.69 Å². The molecule has 5 heterocycles. The molecule has 57 heavy (non-hydrogen) atoms. The molecule has 0 fully saturated rings. The molecule has 0 spiro atoms. The molecule has 0 atom stereocenters. The van der Waals surface area contributed by atoms with E-state index >= 15 is 0 Å². The van der Waals surface area contributed by atoms with Gasteiger partial charge in [0.1, 0.15) is 0 Å². The number of fused-ring (bicyclic) bond motifs is 6. The van der Waals surface area contributed by atoms with Crippen molar-refractivity contribution in [2.75, 3.05) is 18.5 Å². The fraction of sp³-hybridized carbons (Fsp3) is 0.0385. The molecule has 10 aromatic rings. The van der Waals surface area contributed by atoms with Gasteiger partial charge in [0.05, 0.1) is 44.8 Å². The van der Waals surface area contributed by atoms with E-state index in [0.29, 0.717) is 0 Å². The van der Waals surface area contributed by atoms with Crippen LogP contribution in [0.1, 0.15) is 5.56 Å². The van der Waals surface area contributed by atoms with E-state index < -0.39 is 0 Å². The van der Waals surface area contributed by atoms with Crippen LogP contribution in [0.25, 0.3) is 106 Å². The molecule has 4 aromatic heterocycles. The molecule has 0 saturated heterocycles. The van der Waals surface area contributed by atoms with Crippen LogP contribution in [-0.4, -0.2) is 33.5 Å². The van der Waals surface area contributed by atoms with E-state index in [9.17, 15) is 0 Å².